The summed E-state index contributed by atoms with van der Waals surface area (Å²) in [6, 6.07) is 16.5. The van der Waals surface area contributed by atoms with Gasteiger partial charge in [-0.2, -0.15) is 5.26 Å². The van der Waals surface area contributed by atoms with Gasteiger partial charge in [0, 0.05) is 12.2 Å². The molecule has 102 valence electrons. The Kier molecular flexibility index (Phi) is 4.42. The largest absolute Gasteiger partial charge is 0.381 e. The van der Waals surface area contributed by atoms with E-state index < -0.39 is 0 Å². The topological polar surface area (TPSA) is 35.8 Å². The normalized spacial score (nSPS) is 10.3. The lowest BCUT2D eigenvalue weighted by Crippen LogP contribution is -2.02. The zero-order valence-corrected chi connectivity index (χ0v) is 12.3. The fraction of sp³-hybridized carbons (Fsp3) is 0.278. The molecule has 0 bridgehead atoms. The summed E-state index contributed by atoms with van der Waals surface area (Å²) >= 11 is 0. The third-order valence-electron chi connectivity index (χ3n) is 3.51. The minimum Gasteiger partial charge on any atom is -0.381 e. The van der Waals surface area contributed by atoms with Gasteiger partial charge in [-0.3, -0.25) is 0 Å². The third kappa shape index (κ3) is 3.39. The van der Waals surface area contributed by atoms with Crippen molar-refractivity contribution < 1.29 is 0 Å². The zero-order chi connectivity index (χ0) is 14.5. The van der Waals surface area contributed by atoms with Gasteiger partial charge in [-0.15, -0.1) is 0 Å². The van der Waals surface area contributed by atoms with Crippen LogP contribution in [0, 0.1) is 18.3 Å². The Morgan fingerprint density at radius 2 is 1.95 bits per heavy atom. The maximum Gasteiger partial charge on any atom is 0.0991 e. The van der Waals surface area contributed by atoms with Crippen LogP contribution in [0.3, 0.4) is 0 Å². The standard InChI is InChI=1S/C18H20N2/c1-13(2)16-5-4-6-18(10-16)20-12-17-8-7-15(11-19)9-14(17)3/h4-10,13,20H,12H2,1-3H3. The molecule has 0 amide bonds. The van der Waals surface area contributed by atoms with E-state index in [1.165, 1.54) is 11.1 Å². The molecule has 0 fully saturated rings. The van der Waals surface area contributed by atoms with E-state index in [0.717, 1.165) is 17.8 Å². The van der Waals surface area contributed by atoms with Crippen LogP contribution in [0.5, 0.6) is 0 Å². The number of nitrogens with one attached hydrogen (secondary N) is 1. The first kappa shape index (κ1) is 14.1. The Bertz CT molecular complexity index is 636. The molecule has 0 radical (unpaired) electrons. The summed E-state index contributed by atoms with van der Waals surface area (Å²) in [7, 11) is 0. The van der Waals surface area contributed by atoms with Gasteiger partial charge >= 0.3 is 0 Å². The summed E-state index contributed by atoms with van der Waals surface area (Å²) in [6.45, 7) is 7.22. The monoisotopic (exact) mass is 264 g/mol. The van der Waals surface area contributed by atoms with Crippen molar-refractivity contribution in [2.24, 2.45) is 0 Å². The predicted octanol–water partition coefficient (Wildman–Crippen LogP) is 4.60. The number of nitriles is 1. The van der Waals surface area contributed by atoms with E-state index in [-0.39, 0.29) is 0 Å². The van der Waals surface area contributed by atoms with E-state index in [1.54, 1.807) is 0 Å². The number of anilines is 1. The summed E-state index contributed by atoms with van der Waals surface area (Å²) in [5.74, 6) is 0.536. The van der Waals surface area contributed by atoms with Crippen molar-refractivity contribution >= 4 is 5.69 Å². The van der Waals surface area contributed by atoms with Gasteiger partial charge in [-0.1, -0.05) is 32.0 Å². The molecule has 0 unspecified atom stereocenters. The fourth-order valence-electron chi connectivity index (χ4n) is 2.17. The highest BCUT2D eigenvalue weighted by Crippen LogP contribution is 2.19. The molecule has 0 aromatic heterocycles. The van der Waals surface area contributed by atoms with Gasteiger partial charge in [0.05, 0.1) is 11.6 Å². The molecule has 2 aromatic carbocycles. The molecule has 2 heteroatoms. The van der Waals surface area contributed by atoms with Crippen molar-refractivity contribution in [3.63, 3.8) is 0 Å². The summed E-state index contributed by atoms with van der Waals surface area (Å²) in [4.78, 5) is 0. The molecule has 0 saturated heterocycles. The molecular formula is C18H20N2. The first-order valence-corrected chi connectivity index (χ1v) is 6.93. The molecule has 0 heterocycles. The van der Waals surface area contributed by atoms with Gasteiger partial charge in [-0.05, 0) is 53.8 Å². The van der Waals surface area contributed by atoms with Crippen LogP contribution in [0.1, 0.15) is 42.0 Å². The fourth-order valence-corrected chi connectivity index (χ4v) is 2.17. The van der Waals surface area contributed by atoms with Crippen LogP contribution in [-0.2, 0) is 6.54 Å². The predicted molar refractivity (Wildman–Crippen MR) is 83.8 cm³/mol. The van der Waals surface area contributed by atoms with E-state index in [1.807, 2.05) is 25.1 Å². The third-order valence-corrected chi connectivity index (χ3v) is 3.51. The van der Waals surface area contributed by atoms with E-state index in [0.29, 0.717) is 11.5 Å². The quantitative estimate of drug-likeness (QED) is 0.875. The molecule has 0 saturated carbocycles. The van der Waals surface area contributed by atoms with Crippen molar-refractivity contribution in [3.05, 3.63) is 64.7 Å². The van der Waals surface area contributed by atoms with Gasteiger partial charge < -0.3 is 5.32 Å². The second-order valence-corrected chi connectivity index (χ2v) is 5.39. The Morgan fingerprint density at radius 3 is 2.60 bits per heavy atom. The minimum atomic E-state index is 0.536. The van der Waals surface area contributed by atoms with Crippen molar-refractivity contribution in [2.45, 2.75) is 33.2 Å². The minimum absolute atomic E-state index is 0.536. The molecule has 0 aliphatic heterocycles. The molecule has 0 atom stereocenters. The molecule has 2 aromatic rings. The molecule has 0 aliphatic carbocycles. The van der Waals surface area contributed by atoms with Gasteiger partial charge in [0.15, 0.2) is 0 Å². The Labute approximate surface area is 121 Å². The van der Waals surface area contributed by atoms with Crippen molar-refractivity contribution in [2.75, 3.05) is 5.32 Å². The van der Waals surface area contributed by atoms with Crippen molar-refractivity contribution in [1.82, 2.24) is 0 Å². The second kappa shape index (κ2) is 6.25. The maximum absolute atomic E-state index is 8.88. The van der Waals surface area contributed by atoms with Crippen LogP contribution < -0.4 is 5.32 Å². The maximum atomic E-state index is 8.88. The molecular weight excluding hydrogens is 244 g/mol. The number of rotatable bonds is 4. The zero-order valence-electron chi connectivity index (χ0n) is 12.3. The molecule has 2 nitrogen and oxygen atoms in total. The van der Waals surface area contributed by atoms with Gasteiger partial charge in [0.2, 0.25) is 0 Å². The average molecular weight is 264 g/mol. The average Bonchev–Trinajstić information content (AvgIpc) is 2.46. The van der Waals surface area contributed by atoms with Crippen molar-refractivity contribution in [1.29, 1.82) is 5.26 Å². The summed E-state index contributed by atoms with van der Waals surface area (Å²) in [6.07, 6.45) is 0. The molecule has 0 spiro atoms. The lowest BCUT2D eigenvalue weighted by atomic mass is 10.0. The van der Waals surface area contributed by atoms with Crippen LogP contribution in [0.4, 0.5) is 5.69 Å². The lowest BCUT2D eigenvalue weighted by molar-refractivity contribution is 0.866. The first-order chi connectivity index (χ1) is 9.60. The summed E-state index contributed by atoms with van der Waals surface area (Å²) in [5.41, 5.74) is 5.56. The Hall–Kier alpha value is -2.27. The van der Waals surface area contributed by atoms with Crippen LogP contribution in [0.2, 0.25) is 0 Å². The van der Waals surface area contributed by atoms with Gasteiger partial charge in [-0.25, -0.2) is 0 Å². The lowest BCUT2D eigenvalue weighted by Gasteiger charge is -2.12. The molecule has 0 aliphatic rings. The first-order valence-electron chi connectivity index (χ1n) is 6.93. The van der Waals surface area contributed by atoms with E-state index in [9.17, 15) is 0 Å². The van der Waals surface area contributed by atoms with Crippen LogP contribution >= 0.6 is 0 Å². The van der Waals surface area contributed by atoms with Crippen LogP contribution in [0.25, 0.3) is 0 Å². The number of nitrogens with zero attached hydrogens (tertiary/aromatic N) is 1. The molecule has 1 N–H and O–H groups in total. The van der Waals surface area contributed by atoms with E-state index in [4.69, 9.17) is 5.26 Å². The highest BCUT2D eigenvalue weighted by Gasteiger charge is 2.02. The second-order valence-electron chi connectivity index (χ2n) is 5.39. The SMILES string of the molecule is Cc1cc(C#N)ccc1CNc1cccc(C(C)C)c1. The van der Waals surface area contributed by atoms with E-state index >= 15 is 0 Å². The number of hydrogen-bond acceptors (Lipinski definition) is 2. The summed E-state index contributed by atoms with van der Waals surface area (Å²) < 4.78 is 0. The Morgan fingerprint density at radius 1 is 1.15 bits per heavy atom. The van der Waals surface area contributed by atoms with Gasteiger partial charge in [0.1, 0.15) is 0 Å². The smallest absolute Gasteiger partial charge is 0.0991 e. The number of hydrogen-bond donors (Lipinski definition) is 1. The van der Waals surface area contributed by atoms with E-state index in [2.05, 4.69) is 49.5 Å². The summed E-state index contributed by atoms with van der Waals surface area (Å²) in [5, 5.41) is 12.3. The van der Waals surface area contributed by atoms with Crippen LogP contribution in [0.15, 0.2) is 42.5 Å². The van der Waals surface area contributed by atoms with Crippen LogP contribution in [-0.4, -0.2) is 0 Å². The van der Waals surface area contributed by atoms with Gasteiger partial charge in [0.25, 0.3) is 0 Å². The van der Waals surface area contributed by atoms with Crippen molar-refractivity contribution in [3.8, 4) is 6.07 Å². The molecule has 20 heavy (non-hydrogen) atoms. The number of aryl methyl sites for hydroxylation is 1. The Balaban J connectivity index is 2.09. The highest BCUT2D eigenvalue weighted by atomic mass is 14.9. The number of benzene rings is 2. The molecule has 2 rings (SSSR count). The highest BCUT2D eigenvalue weighted by molar-refractivity contribution is 5.48.